The van der Waals surface area contributed by atoms with Crippen LogP contribution in [0.2, 0.25) is 0 Å². The second-order valence-corrected chi connectivity index (χ2v) is 18.7. The number of aliphatic hydroxyl groups excluding tert-OH is 1. The minimum absolute atomic E-state index is 0.0587. The quantitative estimate of drug-likeness (QED) is 0.0375. The van der Waals surface area contributed by atoms with Crippen molar-refractivity contribution in [2.24, 2.45) is 0 Å². The van der Waals surface area contributed by atoms with Gasteiger partial charge in [0, 0.05) is 12.8 Å². The number of allylic oxidation sites excluding steroid dienone is 4. The van der Waals surface area contributed by atoms with Gasteiger partial charge in [-0.2, -0.15) is 0 Å². The van der Waals surface area contributed by atoms with Crippen LogP contribution in [0.25, 0.3) is 0 Å². The molecule has 5 nitrogen and oxygen atoms in total. The molecule has 5 heteroatoms. The summed E-state index contributed by atoms with van der Waals surface area (Å²) in [4.78, 5) is 24.3. The molecule has 0 heterocycles. The number of hydrogen-bond donors (Lipinski definition) is 1. The molecule has 1 N–H and O–H groups in total. The average Bonchev–Trinajstić information content (AvgIpc) is 3.26. The largest absolute Gasteiger partial charge is 0.462 e. The maximum absolute atomic E-state index is 12.2. The fraction of sp³-hybridized carbons (Fsp3) is 0.893. The maximum atomic E-state index is 12.2. The molecule has 0 spiro atoms. The summed E-state index contributed by atoms with van der Waals surface area (Å²) in [5, 5.41) is 9.59. The highest BCUT2D eigenvalue weighted by Gasteiger charge is 2.16. The summed E-state index contributed by atoms with van der Waals surface area (Å²) in [6.45, 7) is 4.14. The van der Waals surface area contributed by atoms with E-state index in [2.05, 4.69) is 38.2 Å². The number of hydrogen-bond acceptors (Lipinski definition) is 5. The predicted molar refractivity (Wildman–Crippen MR) is 265 cm³/mol. The van der Waals surface area contributed by atoms with Crippen molar-refractivity contribution in [3.63, 3.8) is 0 Å². The summed E-state index contributed by atoms with van der Waals surface area (Å²) in [7, 11) is 0. The molecule has 0 amide bonds. The van der Waals surface area contributed by atoms with Gasteiger partial charge in [-0.3, -0.25) is 9.59 Å². The fourth-order valence-electron chi connectivity index (χ4n) is 8.35. The van der Waals surface area contributed by atoms with Crippen LogP contribution < -0.4 is 0 Å². The number of esters is 2. The molecule has 1 atom stereocenters. The zero-order chi connectivity index (χ0) is 44.2. The van der Waals surface area contributed by atoms with Gasteiger partial charge in [0.15, 0.2) is 6.10 Å². The van der Waals surface area contributed by atoms with E-state index in [1.165, 1.54) is 231 Å². The van der Waals surface area contributed by atoms with Crippen LogP contribution in [0.3, 0.4) is 0 Å². The number of rotatable bonds is 51. The lowest BCUT2D eigenvalue weighted by Crippen LogP contribution is -2.28. The maximum Gasteiger partial charge on any atom is 0.306 e. The first-order valence-electron chi connectivity index (χ1n) is 27.4. The molecule has 1 unspecified atom stereocenters. The monoisotopic (exact) mass is 859 g/mol. The lowest BCUT2D eigenvalue weighted by Gasteiger charge is -2.15. The van der Waals surface area contributed by atoms with E-state index in [0.29, 0.717) is 12.8 Å². The van der Waals surface area contributed by atoms with Crippen molar-refractivity contribution in [2.45, 2.75) is 309 Å². The van der Waals surface area contributed by atoms with Gasteiger partial charge in [-0.05, 0) is 44.9 Å². The Morgan fingerprint density at radius 1 is 0.377 bits per heavy atom. The van der Waals surface area contributed by atoms with Crippen LogP contribution in [-0.2, 0) is 19.1 Å². The van der Waals surface area contributed by atoms with E-state index in [0.717, 1.165) is 44.9 Å². The van der Waals surface area contributed by atoms with E-state index >= 15 is 0 Å². The van der Waals surface area contributed by atoms with Gasteiger partial charge in [-0.25, -0.2) is 0 Å². The van der Waals surface area contributed by atoms with Crippen molar-refractivity contribution >= 4 is 11.9 Å². The Morgan fingerprint density at radius 3 is 0.967 bits per heavy atom. The lowest BCUT2D eigenvalue weighted by molar-refractivity contribution is -0.161. The second-order valence-electron chi connectivity index (χ2n) is 18.7. The smallest absolute Gasteiger partial charge is 0.306 e. The van der Waals surface area contributed by atoms with E-state index < -0.39 is 6.10 Å². The van der Waals surface area contributed by atoms with Crippen molar-refractivity contribution in [3.05, 3.63) is 24.3 Å². The summed E-state index contributed by atoms with van der Waals surface area (Å²) in [6.07, 6.45) is 66.1. The molecule has 61 heavy (non-hydrogen) atoms. The van der Waals surface area contributed by atoms with Crippen molar-refractivity contribution in [3.8, 4) is 0 Å². The normalized spacial score (nSPS) is 12.2. The van der Waals surface area contributed by atoms with Crippen molar-refractivity contribution in [1.82, 2.24) is 0 Å². The Bertz CT molecular complexity index is 928. The molecule has 0 aliphatic rings. The van der Waals surface area contributed by atoms with E-state index in [1.54, 1.807) is 0 Å². The Kier molecular flexibility index (Phi) is 51.3. The molecule has 0 aliphatic carbocycles. The molecule has 0 bridgehead atoms. The van der Waals surface area contributed by atoms with E-state index in [-0.39, 0.29) is 25.2 Å². The minimum Gasteiger partial charge on any atom is -0.462 e. The van der Waals surface area contributed by atoms with Crippen LogP contribution in [0.1, 0.15) is 303 Å². The first kappa shape index (κ1) is 59.4. The average molecular weight is 859 g/mol. The first-order chi connectivity index (χ1) is 30.1. The third kappa shape index (κ3) is 50.9. The first-order valence-corrected chi connectivity index (χ1v) is 27.4. The van der Waals surface area contributed by atoms with Crippen LogP contribution in [0, 0.1) is 0 Å². The van der Waals surface area contributed by atoms with Crippen LogP contribution >= 0.6 is 0 Å². The van der Waals surface area contributed by atoms with Crippen LogP contribution in [0.4, 0.5) is 0 Å². The van der Waals surface area contributed by atoms with E-state index in [4.69, 9.17) is 9.47 Å². The summed E-state index contributed by atoms with van der Waals surface area (Å²) in [5.41, 5.74) is 0. The molecule has 360 valence electrons. The Morgan fingerprint density at radius 2 is 0.656 bits per heavy atom. The van der Waals surface area contributed by atoms with Crippen molar-refractivity contribution < 1.29 is 24.2 Å². The van der Waals surface area contributed by atoms with Gasteiger partial charge in [-0.1, -0.05) is 269 Å². The van der Waals surface area contributed by atoms with Crippen molar-refractivity contribution in [2.75, 3.05) is 13.2 Å². The Labute approximate surface area is 381 Å². The van der Waals surface area contributed by atoms with Gasteiger partial charge >= 0.3 is 11.9 Å². The summed E-state index contributed by atoms with van der Waals surface area (Å²) >= 11 is 0. The van der Waals surface area contributed by atoms with Gasteiger partial charge in [0.1, 0.15) is 6.61 Å². The molecule has 0 aliphatic heterocycles. The van der Waals surface area contributed by atoms with Gasteiger partial charge in [0.05, 0.1) is 6.61 Å². The van der Waals surface area contributed by atoms with Gasteiger partial charge < -0.3 is 14.6 Å². The van der Waals surface area contributed by atoms with E-state index in [1.807, 2.05) is 0 Å². The topological polar surface area (TPSA) is 72.8 Å². The minimum atomic E-state index is -0.764. The third-order valence-electron chi connectivity index (χ3n) is 12.5. The number of aliphatic hydroxyl groups is 1. The number of unbranched alkanes of at least 4 members (excludes halogenated alkanes) is 39. The van der Waals surface area contributed by atoms with Crippen LogP contribution in [-0.4, -0.2) is 36.4 Å². The molecule has 0 radical (unpaired) electrons. The molecule has 0 saturated heterocycles. The standard InChI is InChI=1S/C56H106O5/c1-3-5-7-9-11-13-15-16-17-18-19-20-21-22-23-24-25-26-27-28-29-30-31-32-33-34-35-36-37-38-39-40-41-43-45-47-49-51-56(59)61-54(52-57)53-60-55(58)50-48-46-44-42-14-12-10-8-6-4-2/h15-16,18-19,54,57H,3-14,17,20-53H2,1-2H3/b16-15-,19-18-. The third-order valence-corrected chi connectivity index (χ3v) is 12.5. The summed E-state index contributed by atoms with van der Waals surface area (Å²) in [6, 6.07) is 0. The van der Waals surface area contributed by atoms with Gasteiger partial charge in [0.2, 0.25) is 0 Å². The number of carbonyl (C=O) groups is 2. The summed E-state index contributed by atoms with van der Waals surface area (Å²) in [5.74, 6) is -0.576. The SMILES string of the molecule is CCCCCCC/C=C\C/C=C\CCCCCCCCCCCCCCCCCCCCCCCCCCCC(=O)OC(CO)COC(=O)CCCCCCCCCCCC. The Balaban J connectivity index is 3.34. The molecular weight excluding hydrogens is 753 g/mol. The molecule has 0 fully saturated rings. The fourth-order valence-corrected chi connectivity index (χ4v) is 8.35. The van der Waals surface area contributed by atoms with Crippen molar-refractivity contribution in [1.29, 1.82) is 0 Å². The highest BCUT2D eigenvalue weighted by atomic mass is 16.6. The van der Waals surface area contributed by atoms with Gasteiger partial charge in [-0.15, -0.1) is 0 Å². The molecule has 0 aromatic heterocycles. The lowest BCUT2D eigenvalue weighted by atomic mass is 10.0. The zero-order valence-corrected chi connectivity index (χ0v) is 41.2. The summed E-state index contributed by atoms with van der Waals surface area (Å²) < 4.78 is 10.6. The molecule has 0 aromatic rings. The van der Waals surface area contributed by atoms with E-state index in [9.17, 15) is 14.7 Å². The van der Waals surface area contributed by atoms with Gasteiger partial charge in [0.25, 0.3) is 0 Å². The predicted octanol–water partition coefficient (Wildman–Crippen LogP) is 18.1. The highest BCUT2D eigenvalue weighted by molar-refractivity contribution is 5.70. The molecule has 0 aromatic carbocycles. The molecule has 0 saturated carbocycles. The van der Waals surface area contributed by atoms with Crippen LogP contribution in [0.5, 0.6) is 0 Å². The Hall–Kier alpha value is -1.62. The second kappa shape index (κ2) is 52.7. The van der Waals surface area contributed by atoms with Crippen LogP contribution in [0.15, 0.2) is 24.3 Å². The molecular formula is C56H106O5. The highest BCUT2D eigenvalue weighted by Crippen LogP contribution is 2.17. The zero-order valence-electron chi connectivity index (χ0n) is 41.2. The number of carbonyl (C=O) groups excluding carboxylic acids is 2. The number of ether oxygens (including phenoxy) is 2. The molecule has 0 rings (SSSR count).